The molecule has 0 saturated carbocycles. The van der Waals surface area contributed by atoms with Crippen LogP contribution in [0.1, 0.15) is 25.8 Å². The zero-order valence-corrected chi connectivity index (χ0v) is 13.4. The summed E-state index contributed by atoms with van der Waals surface area (Å²) < 4.78 is 0.117. The predicted octanol–water partition coefficient (Wildman–Crippen LogP) is 2.52. The van der Waals surface area contributed by atoms with Crippen LogP contribution < -0.4 is 5.32 Å². The van der Waals surface area contributed by atoms with Gasteiger partial charge in [0.15, 0.2) is 0 Å². The van der Waals surface area contributed by atoms with Gasteiger partial charge in [0.25, 0.3) is 0 Å². The maximum absolute atomic E-state index is 12.4. The van der Waals surface area contributed by atoms with E-state index in [2.05, 4.69) is 37.6 Å². The zero-order chi connectivity index (χ0) is 14.6. The van der Waals surface area contributed by atoms with Gasteiger partial charge in [-0.3, -0.25) is 10.1 Å². The molecular formula is C16H24N2OS. The van der Waals surface area contributed by atoms with E-state index < -0.39 is 0 Å². The summed E-state index contributed by atoms with van der Waals surface area (Å²) in [5.74, 6) is 0.253. The van der Waals surface area contributed by atoms with Gasteiger partial charge in [0, 0.05) is 11.3 Å². The molecule has 4 heteroatoms. The van der Waals surface area contributed by atoms with Crippen LogP contribution in [-0.4, -0.2) is 41.1 Å². The molecule has 1 fully saturated rings. The highest BCUT2D eigenvalue weighted by Crippen LogP contribution is 2.24. The lowest BCUT2D eigenvalue weighted by Gasteiger charge is -2.28. The van der Waals surface area contributed by atoms with Crippen LogP contribution >= 0.6 is 11.8 Å². The number of aryl methyl sites for hydroxylation is 1. The first kappa shape index (κ1) is 15.4. The van der Waals surface area contributed by atoms with Gasteiger partial charge < -0.3 is 4.90 Å². The van der Waals surface area contributed by atoms with E-state index >= 15 is 0 Å². The van der Waals surface area contributed by atoms with Crippen LogP contribution in [0.3, 0.4) is 0 Å². The average molecular weight is 292 g/mol. The van der Waals surface area contributed by atoms with Gasteiger partial charge in [0.05, 0.1) is 12.7 Å². The molecule has 1 aliphatic rings. The summed E-state index contributed by atoms with van der Waals surface area (Å²) in [5.41, 5.74) is 1.30. The fourth-order valence-corrected chi connectivity index (χ4v) is 2.73. The van der Waals surface area contributed by atoms with E-state index in [1.165, 1.54) is 5.56 Å². The number of rotatable bonds is 6. The van der Waals surface area contributed by atoms with Crippen LogP contribution in [0.4, 0.5) is 0 Å². The van der Waals surface area contributed by atoms with Gasteiger partial charge in [-0.25, -0.2) is 0 Å². The molecule has 0 spiro atoms. The number of hydrogen-bond acceptors (Lipinski definition) is 3. The lowest BCUT2D eigenvalue weighted by Crippen LogP contribution is -2.39. The number of thioether (sulfide) groups is 1. The normalized spacial score (nSPS) is 19.6. The molecule has 1 amide bonds. The first-order valence-electron chi connectivity index (χ1n) is 7.13. The van der Waals surface area contributed by atoms with Crippen molar-refractivity contribution in [3.8, 4) is 0 Å². The number of carbonyl (C=O) groups is 1. The molecule has 0 aliphatic carbocycles. The fraction of sp³-hybridized carbons (Fsp3) is 0.562. The third kappa shape index (κ3) is 4.00. The van der Waals surface area contributed by atoms with Crippen molar-refractivity contribution in [1.82, 2.24) is 10.2 Å². The van der Waals surface area contributed by atoms with Crippen LogP contribution in [-0.2, 0) is 11.2 Å². The Balaban J connectivity index is 1.85. The maximum atomic E-state index is 12.4. The Labute approximate surface area is 126 Å². The van der Waals surface area contributed by atoms with Crippen LogP contribution in [0, 0.1) is 0 Å². The Morgan fingerprint density at radius 3 is 2.70 bits per heavy atom. The number of nitrogens with one attached hydrogen (secondary N) is 1. The molecular weight excluding hydrogens is 268 g/mol. The third-order valence-corrected chi connectivity index (χ3v) is 5.06. The average Bonchev–Trinajstić information content (AvgIpc) is 2.78. The Hall–Kier alpha value is -1.00. The van der Waals surface area contributed by atoms with Crippen molar-refractivity contribution in [2.75, 3.05) is 19.5 Å². The standard InChI is InChI=1S/C16H24N2OS/c1-16(2,20-3)11-18-12-17-14(15(18)19)10-9-13-7-5-4-6-8-13/h4-8,14,17H,9-12H2,1-3H3. The van der Waals surface area contributed by atoms with Crippen LogP contribution in [0.2, 0.25) is 0 Å². The molecule has 20 heavy (non-hydrogen) atoms. The Kier molecular flexibility index (Phi) is 5.11. The monoisotopic (exact) mass is 292 g/mol. The maximum Gasteiger partial charge on any atom is 0.240 e. The van der Waals surface area contributed by atoms with Gasteiger partial charge in [-0.15, -0.1) is 0 Å². The summed E-state index contributed by atoms with van der Waals surface area (Å²) >= 11 is 1.81. The molecule has 0 bridgehead atoms. The molecule has 1 atom stereocenters. The number of nitrogens with zero attached hydrogens (tertiary/aromatic N) is 1. The summed E-state index contributed by atoms with van der Waals surface area (Å²) in [6.07, 6.45) is 3.92. The highest BCUT2D eigenvalue weighted by Gasteiger charge is 2.33. The molecule has 1 aromatic carbocycles. The molecule has 1 aliphatic heterocycles. The van der Waals surface area contributed by atoms with Crippen molar-refractivity contribution in [3.63, 3.8) is 0 Å². The Bertz CT molecular complexity index is 447. The van der Waals surface area contributed by atoms with Crippen molar-refractivity contribution in [2.24, 2.45) is 0 Å². The van der Waals surface area contributed by atoms with Crippen molar-refractivity contribution in [1.29, 1.82) is 0 Å². The quantitative estimate of drug-likeness (QED) is 0.874. The second-order valence-corrected chi connectivity index (χ2v) is 7.45. The summed E-state index contributed by atoms with van der Waals surface area (Å²) in [5, 5.41) is 3.34. The van der Waals surface area contributed by atoms with Gasteiger partial charge in [0.1, 0.15) is 0 Å². The second-order valence-electron chi connectivity index (χ2n) is 5.94. The van der Waals surface area contributed by atoms with E-state index in [1.807, 2.05) is 23.1 Å². The van der Waals surface area contributed by atoms with Gasteiger partial charge in [-0.05, 0) is 38.5 Å². The van der Waals surface area contributed by atoms with E-state index in [1.54, 1.807) is 11.8 Å². The van der Waals surface area contributed by atoms with Gasteiger partial charge in [0.2, 0.25) is 5.91 Å². The highest BCUT2D eigenvalue weighted by molar-refractivity contribution is 7.99. The van der Waals surface area contributed by atoms with E-state index in [0.717, 1.165) is 19.4 Å². The minimum Gasteiger partial charge on any atom is -0.327 e. The van der Waals surface area contributed by atoms with E-state index in [-0.39, 0.29) is 16.7 Å². The van der Waals surface area contributed by atoms with Gasteiger partial charge in [-0.1, -0.05) is 30.3 Å². The molecule has 2 rings (SSSR count). The molecule has 1 unspecified atom stereocenters. The van der Waals surface area contributed by atoms with E-state index in [0.29, 0.717) is 6.67 Å². The Morgan fingerprint density at radius 2 is 2.05 bits per heavy atom. The number of benzene rings is 1. The van der Waals surface area contributed by atoms with Crippen molar-refractivity contribution in [3.05, 3.63) is 35.9 Å². The van der Waals surface area contributed by atoms with E-state index in [9.17, 15) is 4.79 Å². The molecule has 0 aromatic heterocycles. The Morgan fingerprint density at radius 1 is 1.35 bits per heavy atom. The SMILES string of the molecule is CSC(C)(C)CN1CNC(CCc2ccccc2)C1=O. The van der Waals surface area contributed by atoms with Crippen molar-refractivity contribution < 1.29 is 4.79 Å². The number of hydrogen-bond donors (Lipinski definition) is 1. The molecule has 1 heterocycles. The minimum atomic E-state index is -0.0205. The lowest BCUT2D eigenvalue weighted by atomic mass is 10.1. The summed E-state index contributed by atoms with van der Waals surface area (Å²) in [6.45, 7) is 5.86. The smallest absolute Gasteiger partial charge is 0.240 e. The van der Waals surface area contributed by atoms with Crippen LogP contribution in [0.25, 0.3) is 0 Å². The van der Waals surface area contributed by atoms with Gasteiger partial charge >= 0.3 is 0 Å². The van der Waals surface area contributed by atoms with Crippen LogP contribution in [0.15, 0.2) is 30.3 Å². The molecule has 110 valence electrons. The summed E-state index contributed by atoms with van der Waals surface area (Å²) in [4.78, 5) is 14.3. The largest absolute Gasteiger partial charge is 0.327 e. The van der Waals surface area contributed by atoms with Crippen LogP contribution in [0.5, 0.6) is 0 Å². The van der Waals surface area contributed by atoms with Crippen molar-refractivity contribution in [2.45, 2.75) is 37.5 Å². The molecule has 1 N–H and O–H groups in total. The number of carbonyl (C=O) groups excluding carboxylic acids is 1. The summed E-state index contributed by atoms with van der Waals surface area (Å²) in [6, 6.07) is 10.3. The lowest BCUT2D eigenvalue weighted by molar-refractivity contribution is -0.129. The minimum absolute atomic E-state index is 0.0205. The molecule has 3 nitrogen and oxygen atoms in total. The first-order valence-corrected chi connectivity index (χ1v) is 8.35. The molecule has 1 aromatic rings. The third-order valence-electron chi connectivity index (χ3n) is 3.83. The van der Waals surface area contributed by atoms with E-state index in [4.69, 9.17) is 0 Å². The van der Waals surface area contributed by atoms with Crippen molar-refractivity contribution >= 4 is 17.7 Å². The number of amides is 1. The molecule has 1 saturated heterocycles. The predicted molar refractivity (Wildman–Crippen MR) is 85.9 cm³/mol. The van der Waals surface area contributed by atoms with Gasteiger partial charge in [-0.2, -0.15) is 11.8 Å². The topological polar surface area (TPSA) is 32.3 Å². The zero-order valence-electron chi connectivity index (χ0n) is 12.6. The summed E-state index contributed by atoms with van der Waals surface area (Å²) in [7, 11) is 0. The fourth-order valence-electron chi connectivity index (χ4n) is 2.45. The highest BCUT2D eigenvalue weighted by atomic mass is 32.2. The molecule has 0 radical (unpaired) electrons. The second kappa shape index (κ2) is 6.64. The first-order chi connectivity index (χ1) is 9.52.